The van der Waals surface area contributed by atoms with Crippen LogP contribution in [0.1, 0.15) is 41.1 Å². The topological polar surface area (TPSA) is 87.1 Å². The van der Waals surface area contributed by atoms with E-state index in [0.29, 0.717) is 12.6 Å². The van der Waals surface area contributed by atoms with Crippen molar-refractivity contribution >= 4 is 40.6 Å². The zero-order valence-electron chi connectivity index (χ0n) is 18.0. The summed E-state index contributed by atoms with van der Waals surface area (Å²) in [6.07, 6.45) is 3.57. The van der Waals surface area contributed by atoms with Gasteiger partial charge in [-0.3, -0.25) is 15.1 Å². The lowest BCUT2D eigenvalue weighted by Crippen LogP contribution is -2.39. The Hall–Kier alpha value is -2.40. The first kappa shape index (κ1) is 20.2. The number of amides is 1. The van der Waals surface area contributed by atoms with E-state index in [4.69, 9.17) is 0 Å². The van der Waals surface area contributed by atoms with E-state index in [1.165, 1.54) is 39.2 Å². The number of carbonyl (C=O) groups excluding carboxylic acids is 1. The van der Waals surface area contributed by atoms with Crippen LogP contribution in [0.3, 0.4) is 0 Å². The average Bonchev–Trinajstić information content (AvgIpc) is 3.48. The number of fused-ring (bicyclic) bond motifs is 8. The molecule has 2 atom stereocenters. The fourth-order valence-electron chi connectivity index (χ4n) is 4.78. The number of aromatic nitrogens is 3. The molecule has 1 fully saturated rings. The van der Waals surface area contributed by atoms with E-state index >= 15 is 0 Å². The molecule has 6 rings (SSSR count). The summed E-state index contributed by atoms with van der Waals surface area (Å²) < 4.78 is 2.13. The van der Waals surface area contributed by atoms with E-state index in [0.717, 1.165) is 35.2 Å². The molecule has 3 aliphatic rings. The van der Waals surface area contributed by atoms with E-state index in [1.54, 1.807) is 0 Å². The van der Waals surface area contributed by atoms with Crippen molar-refractivity contribution in [2.24, 2.45) is 5.92 Å². The molecule has 0 radical (unpaired) electrons. The van der Waals surface area contributed by atoms with Crippen LogP contribution in [0, 0.1) is 12.8 Å². The Morgan fingerprint density at radius 3 is 3.16 bits per heavy atom. The standard InChI is InChI=1S/C22H25N7OS2/c1-12-4-3-5-14(8-12)25-17(30)10-31-22-27-26-21-28(22)20-18(19-23-11-24-29(19)21)15-9-13(2)6-7-16(15)32-20/h3-5,8,13,19,23-24H,6-7,9-11H2,1-2H3,(H,25,30)/t13-,19?/m1/s1. The molecule has 1 unspecified atom stereocenters. The number of thioether (sulfide) groups is 1. The molecule has 166 valence electrons. The Morgan fingerprint density at radius 1 is 1.38 bits per heavy atom. The number of aryl methyl sites for hydroxylation is 2. The molecule has 2 aliphatic heterocycles. The van der Waals surface area contributed by atoms with Crippen molar-refractivity contribution in [2.75, 3.05) is 22.7 Å². The van der Waals surface area contributed by atoms with Gasteiger partial charge in [-0.2, -0.15) is 0 Å². The summed E-state index contributed by atoms with van der Waals surface area (Å²) in [6, 6.07) is 7.84. The largest absolute Gasteiger partial charge is 0.325 e. The Bertz CT molecular complexity index is 1200. The van der Waals surface area contributed by atoms with E-state index in [9.17, 15) is 4.79 Å². The summed E-state index contributed by atoms with van der Waals surface area (Å²) in [6.45, 7) is 5.05. The summed E-state index contributed by atoms with van der Waals surface area (Å²) in [4.78, 5) is 14.1. The first-order valence-electron chi connectivity index (χ1n) is 10.9. The summed E-state index contributed by atoms with van der Waals surface area (Å²) >= 11 is 3.29. The second-order valence-electron chi connectivity index (χ2n) is 8.71. The van der Waals surface area contributed by atoms with Crippen LogP contribution >= 0.6 is 23.1 Å². The van der Waals surface area contributed by atoms with Crippen LogP contribution in [-0.2, 0) is 17.6 Å². The van der Waals surface area contributed by atoms with Gasteiger partial charge >= 0.3 is 0 Å². The molecule has 2 aromatic heterocycles. The molecular formula is C22H25N7OS2. The molecule has 4 heterocycles. The number of hydrazine groups is 1. The molecule has 8 nitrogen and oxygen atoms in total. The van der Waals surface area contributed by atoms with E-state index in [1.807, 2.05) is 42.5 Å². The minimum atomic E-state index is -0.0490. The predicted octanol–water partition coefficient (Wildman–Crippen LogP) is 3.38. The third-order valence-corrected chi connectivity index (χ3v) is 8.50. The lowest BCUT2D eigenvalue weighted by atomic mass is 9.87. The third kappa shape index (κ3) is 3.33. The second kappa shape index (κ2) is 7.87. The van der Waals surface area contributed by atoms with Crippen molar-refractivity contribution in [3.05, 3.63) is 45.8 Å². The van der Waals surface area contributed by atoms with Crippen LogP contribution in [0.15, 0.2) is 29.4 Å². The first-order valence-corrected chi connectivity index (χ1v) is 12.7. The zero-order valence-corrected chi connectivity index (χ0v) is 19.6. The number of nitrogens with zero attached hydrogens (tertiary/aromatic N) is 4. The highest BCUT2D eigenvalue weighted by Gasteiger charge is 2.42. The number of hydrogen-bond acceptors (Lipinski definition) is 8. The van der Waals surface area contributed by atoms with Crippen molar-refractivity contribution in [3.8, 4) is 5.00 Å². The number of anilines is 2. The maximum atomic E-state index is 12.6. The number of carbonyl (C=O) groups is 1. The molecule has 0 bridgehead atoms. The molecule has 3 N–H and O–H groups in total. The molecule has 1 aliphatic carbocycles. The fraction of sp³-hybridized carbons (Fsp3) is 0.409. The van der Waals surface area contributed by atoms with Crippen LogP contribution in [0.2, 0.25) is 0 Å². The summed E-state index contributed by atoms with van der Waals surface area (Å²) in [7, 11) is 0. The highest BCUT2D eigenvalue weighted by Crippen LogP contribution is 2.48. The first-order chi connectivity index (χ1) is 15.6. The molecule has 32 heavy (non-hydrogen) atoms. The molecule has 1 amide bonds. The molecule has 3 aromatic rings. The van der Waals surface area contributed by atoms with Gasteiger partial charge in [0.25, 0.3) is 0 Å². The van der Waals surface area contributed by atoms with Gasteiger partial charge in [-0.05, 0) is 55.4 Å². The molecule has 1 aromatic carbocycles. The smallest absolute Gasteiger partial charge is 0.249 e. The van der Waals surface area contributed by atoms with Gasteiger partial charge < -0.3 is 5.32 Å². The van der Waals surface area contributed by atoms with E-state index < -0.39 is 0 Å². The maximum absolute atomic E-state index is 12.6. The molecule has 0 spiro atoms. The third-order valence-electron chi connectivity index (χ3n) is 6.27. The van der Waals surface area contributed by atoms with Gasteiger partial charge in [0.1, 0.15) is 11.2 Å². The second-order valence-corrected chi connectivity index (χ2v) is 10.7. The Kier molecular flexibility index (Phi) is 4.98. The Labute approximate surface area is 194 Å². The van der Waals surface area contributed by atoms with Gasteiger partial charge in [0.15, 0.2) is 5.16 Å². The van der Waals surface area contributed by atoms with Gasteiger partial charge in [0.05, 0.1) is 12.4 Å². The zero-order chi connectivity index (χ0) is 21.8. The normalized spacial score (nSPS) is 21.0. The Morgan fingerprint density at radius 2 is 2.28 bits per heavy atom. The Balaban J connectivity index is 1.30. The van der Waals surface area contributed by atoms with Gasteiger partial charge in [0.2, 0.25) is 11.9 Å². The van der Waals surface area contributed by atoms with Gasteiger partial charge in [0, 0.05) is 16.1 Å². The number of thiophene rings is 1. The van der Waals surface area contributed by atoms with Crippen LogP contribution < -0.4 is 21.1 Å². The van der Waals surface area contributed by atoms with Crippen molar-refractivity contribution in [3.63, 3.8) is 0 Å². The lowest BCUT2D eigenvalue weighted by Gasteiger charge is -2.31. The fourth-order valence-corrected chi connectivity index (χ4v) is 6.95. The highest BCUT2D eigenvalue weighted by molar-refractivity contribution is 7.99. The minimum Gasteiger partial charge on any atom is -0.325 e. The summed E-state index contributed by atoms with van der Waals surface area (Å²) in [5.41, 5.74) is 8.16. The van der Waals surface area contributed by atoms with Crippen molar-refractivity contribution < 1.29 is 4.79 Å². The van der Waals surface area contributed by atoms with Gasteiger partial charge in [-0.15, -0.1) is 21.5 Å². The number of hydrogen-bond donors (Lipinski definition) is 3. The monoisotopic (exact) mass is 467 g/mol. The lowest BCUT2D eigenvalue weighted by molar-refractivity contribution is -0.113. The summed E-state index contributed by atoms with van der Waals surface area (Å²) in [5, 5.41) is 19.5. The maximum Gasteiger partial charge on any atom is 0.249 e. The van der Waals surface area contributed by atoms with E-state index in [-0.39, 0.29) is 17.8 Å². The molecular weight excluding hydrogens is 442 g/mol. The quantitative estimate of drug-likeness (QED) is 0.507. The van der Waals surface area contributed by atoms with Crippen molar-refractivity contribution in [1.82, 2.24) is 25.5 Å². The highest BCUT2D eigenvalue weighted by atomic mass is 32.2. The number of benzene rings is 1. The van der Waals surface area contributed by atoms with Crippen LogP contribution in [0.25, 0.3) is 5.00 Å². The van der Waals surface area contributed by atoms with Crippen LogP contribution in [0.4, 0.5) is 11.6 Å². The molecule has 1 saturated heterocycles. The van der Waals surface area contributed by atoms with Gasteiger partial charge in [-0.1, -0.05) is 30.8 Å². The number of nitrogens with one attached hydrogen (secondary N) is 3. The number of rotatable bonds is 4. The minimum absolute atomic E-state index is 0.0490. The van der Waals surface area contributed by atoms with E-state index in [2.05, 4.69) is 42.8 Å². The SMILES string of the molecule is Cc1cccc(NC(=O)CSc2nnc3n2-c2sc4c(c2C2NCNN32)C[C@H](C)CC4)c1. The van der Waals surface area contributed by atoms with Crippen LogP contribution in [-0.4, -0.2) is 33.1 Å². The van der Waals surface area contributed by atoms with Crippen molar-refractivity contribution in [1.29, 1.82) is 0 Å². The predicted molar refractivity (Wildman–Crippen MR) is 127 cm³/mol. The molecule has 0 saturated carbocycles. The van der Waals surface area contributed by atoms with Crippen LogP contribution in [0.5, 0.6) is 0 Å². The average molecular weight is 468 g/mol. The molecule has 10 heteroatoms. The van der Waals surface area contributed by atoms with Crippen molar-refractivity contribution in [2.45, 2.75) is 44.4 Å². The van der Waals surface area contributed by atoms with Gasteiger partial charge in [-0.25, -0.2) is 9.99 Å². The summed E-state index contributed by atoms with van der Waals surface area (Å²) in [5.74, 6) is 1.71.